The third-order valence-electron chi connectivity index (χ3n) is 7.75. The fourth-order valence-electron chi connectivity index (χ4n) is 5.15. The summed E-state index contributed by atoms with van der Waals surface area (Å²) in [6.07, 6.45) is 8.28. The maximum Gasteiger partial charge on any atom is 0.213 e. The number of amides is 1. The van der Waals surface area contributed by atoms with Gasteiger partial charge in [-0.3, -0.25) is 4.79 Å². The third kappa shape index (κ3) is 5.92. The molecule has 0 unspecified atom stereocenters. The monoisotopic (exact) mass is 557 g/mol. The number of nitriles is 1. The van der Waals surface area contributed by atoms with E-state index in [-0.39, 0.29) is 11.9 Å². The number of hydrogen-bond donors (Lipinski definition) is 0. The molecular weight excluding hydrogens is 525 g/mol. The SMILES string of the molecule is Cc1ccc(N2CCC(CC=O)CC2)cc1/C(=C\N(C=O)C1CC1)N(C)c1nc(-c2ccc(F)cc2)c(C#N)s1. The molecule has 1 aromatic heterocycles. The van der Waals surface area contributed by atoms with E-state index in [2.05, 4.69) is 29.2 Å². The smallest absolute Gasteiger partial charge is 0.213 e. The number of aromatic nitrogens is 1. The molecule has 2 heterocycles. The maximum absolute atomic E-state index is 13.5. The van der Waals surface area contributed by atoms with E-state index in [9.17, 15) is 19.2 Å². The predicted molar refractivity (Wildman–Crippen MR) is 156 cm³/mol. The van der Waals surface area contributed by atoms with Crippen molar-refractivity contribution in [3.8, 4) is 17.3 Å². The van der Waals surface area contributed by atoms with Crippen LogP contribution in [0.3, 0.4) is 0 Å². The summed E-state index contributed by atoms with van der Waals surface area (Å²) in [6, 6.07) is 14.8. The van der Waals surface area contributed by atoms with Crippen LogP contribution in [-0.4, -0.2) is 48.8 Å². The average molecular weight is 558 g/mol. The Morgan fingerprint density at radius 2 is 1.88 bits per heavy atom. The lowest BCUT2D eigenvalue weighted by Gasteiger charge is -2.34. The first-order valence-electron chi connectivity index (χ1n) is 13.6. The Labute approximate surface area is 238 Å². The highest BCUT2D eigenvalue weighted by molar-refractivity contribution is 7.16. The van der Waals surface area contributed by atoms with Gasteiger partial charge in [0.15, 0.2) is 5.13 Å². The third-order valence-corrected chi connectivity index (χ3v) is 8.79. The predicted octanol–water partition coefficient (Wildman–Crippen LogP) is 5.99. The van der Waals surface area contributed by atoms with Gasteiger partial charge in [0.25, 0.3) is 0 Å². The largest absolute Gasteiger partial charge is 0.371 e. The molecule has 0 bridgehead atoms. The second kappa shape index (κ2) is 12.0. The molecule has 1 aliphatic heterocycles. The lowest BCUT2D eigenvalue weighted by molar-refractivity contribution is -0.116. The Kier molecular flexibility index (Phi) is 8.27. The highest BCUT2D eigenvalue weighted by Gasteiger charge is 2.29. The highest BCUT2D eigenvalue weighted by Crippen LogP contribution is 2.38. The first kappa shape index (κ1) is 27.5. The number of aldehydes is 1. The van der Waals surface area contributed by atoms with Crippen LogP contribution in [0, 0.1) is 30.0 Å². The Hall–Kier alpha value is -4.03. The van der Waals surface area contributed by atoms with Gasteiger partial charge in [0, 0.05) is 55.6 Å². The zero-order valence-electron chi connectivity index (χ0n) is 22.7. The summed E-state index contributed by atoms with van der Waals surface area (Å²) in [6.45, 7) is 3.82. The van der Waals surface area contributed by atoms with E-state index in [1.807, 2.05) is 25.1 Å². The molecule has 7 nitrogen and oxygen atoms in total. The van der Waals surface area contributed by atoms with E-state index in [0.717, 1.165) is 74.0 Å². The number of hydrogen-bond acceptors (Lipinski definition) is 7. The van der Waals surface area contributed by atoms with Gasteiger partial charge in [-0.15, -0.1) is 0 Å². The molecule has 2 aliphatic rings. The number of piperidine rings is 1. The minimum Gasteiger partial charge on any atom is -0.371 e. The van der Waals surface area contributed by atoms with Crippen LogP contribution in [0.15, 0.2) is 48.7 Å². The number of carbonyl (C=O) groups excluding carboxylic acids is 2. The fourth-order valence-corrected chi connectivity index (χ4v) is 6.01. The van der Waals surface area contributed by atoms with Gasteiger partial charge in [-0.1, -0.05) is 17.4 Å². The van der Waals surface area contributed by atoms with Crippen molar-refractivity contribution in [2.45, 2.75) is 45.1 Å². The number of aryl methyl sites for hydroxylation is 1. The van der Waals surface area contributed by atoms with Crippen LogP contribution in [0.5, 0.6) is 0 Å². The second-order valence-electron chi connectivity index (χ2n) is 10.5. The van der Waals surface area contributed by atoms with Gasteiger partial charge in [-0.2, -0.15) is 5.26 Å². The molecule has 3 aromatic rings. The Morgan fingerprint density at radius 1 is 1.15 bits per heavy atom. The van der Waals surface area contributed by atoms with Gasteiger partial charge in [0.05, 0.1) is 5.70 Å². The van der Waals surface area contributed by atoms with Crippen molar-refractivity contribution in [2.24, 2.45) is 5.92 Å². The number of thiazole rings is 1. The lowest BCUT2D eigenvalue weighted by Crippen LogP contribution is -2.33. The van der Waals surface area contributed by atoms with Crippen molar-refractivity contribution in [3.05, 3.63) is 70.5 Å². The molecule has 1 saturated carbocycles. The standard InChI is InChI=1S/C31H32FN5O2S/c1-21-3-8-26(36-14-11-22(12-15-36)13-16-38)17-27(21)28(19-37(20-39)25-9-10-25)35(2)31-34-30(29(18-33)40-31)23-4-6-24(32)7-5-23/h3-8,16-17,19-20,22,25H,9-15H2,1-2H3/b28-19+. The van der Waals surface area contributed by atoms with Gasteiger partial charge in [-0.05, 0) is 80.5 Å². The molecule has 1 amide bonds. The number of carbonyl (C=O) groups is 2. The highest BCUT2D eigenvalue weighted by atomic mass is 32.1. The Morgan fingerprint density at radius 3 is 2.50 bits per heavy atom. The molecule has 1 aliphatic carbocycles. The van der Waals surface area contributed by atoms with Crippen molar-refractivity contribution in [3.63, 3.8) is 0 Å². The van der Waals surface area contributed by atoms with Gasteiger partial charge < -0.3 is 19.5 Å². The number of halogens is 1. The van der Waals surface area contributed by atoms with Crippen LogP contribution in [0.1, 0.15) is 48.1 Å². The molecule has 1 saturated heterocycles. The Bertz CT molecular complexity index is 1450. The zero-order chi connectivity index (χ0) is 28.2. The van der Waals surface area contributed by atoms with Crippen molar-refractivity contribution >= 4 is 40.5 Å². The first-order chi connectivity index (χ1) is 19.4. The molecule has 2 fully saturated rings. The summed E-state index contributed by atoms with van der Waals surface area (Å²) in [5.74, 6) is 0.0897. The summed E-state index contributed by atoms with van der Waals surface area (Å²) < 4.78 is 13.5. The summed E-state index contributed by atoms with van der Waals surface area (Å²) in [5, 5.41) is 10.5. The molecular formula is C31H32FN5O2S. The molecule has 0 N–H and O–H groups in total. The molecule has 5 rings (SSSR count). The van der Waals surface area contributed by atoms with Crippen LogP contribution in [0.25, 0.3) is 17.0 Å². The topological polar surface area (TPSA) is 80.5 Å². The fraction of sp³-hybridized carbons (Fsp3) is 0.355. The van der Waals surface area contributed by atoms with E-state index >= 15 is 0 Å². The van der Waals surface area contributed by atoms with Crippen LogP contribution >= 0.6 is 11.3 Å². The van der Waals surface area contributed by atoms with Gasteiger partial charge >= 0.3 is 0 Å². The number of benzene rings is 2. The summed E-state index contributed by atoms with van der Waals surface area (Å²) >= 11 is 1.26. The quantitative estimate of drug-likeness (QED) is 0.285. The minimum atomic E-state index is -0.350. The summed E-state index contributed by atoms with van der Waals surface area (Å²) in [7, 11) is 1.90. The van der Waals surface area contributed by atoms with Gasteiger partial charge in [-0.25, -0.2) is 9.37 Å². The molecule has 0 spiro atoms. The van der Waals surface area contributed by atoms with Crippen LogP contribution < -0.4 is 9.80 Å². The van der Waals surface area contributed by atoms with E-state index in [1.165, 1.54) is 23.5 Å². The van der Waals surface area contributed by atoms with E-state index in [0.29, 0.717) is 33.6 Å². The number of rotatable bonds is 10. The second-order valence-corrected chi connectivity index (χ2v) is 11.5. The minimum absolute atomic E-state index is 0.182. The lowest BCUT2D eigenvalue weighted by atomic mass is 9.93. The molecule has 206 valence electrons. The van der Waals surface area contributed by atoms with Crippen LogP contribution in [0.2, 0.25) is 0 Å². The number of anilines is 2. The van der Waals surface area contributed by atoms with Crippen LogP contribution in [0.4, 0.5) is 15.2 Å². The molecule has 0 radical (unpaired) electrons. The molecule has 9 heteroatoms. The number of nitrogens with zero attached hydrogens (tertiary/aromatic N) is 5. The summed E-state index contributed by atoms with van der Waals surface area (Å²) in [5.41, 5.74) is 5.10. The van der Waals surface area contributed by atoms with Crippen LogP contribution in [-0.2, 0) is 9.59 Å². The van der Waals surface area contributed by atoms with E-state index in [4.69, 9.17) is 4.98 Å². The Balaban J connectivity index is 1.53. The van der Waals surface area contributed by atoms with Gasteiger partial charge in [0.1, 0.15) is 28.7 Å². The van der Waals surface area contributed by atoms with E-state index < -0.39 is 0 Å². The van der Waals surface area contributed by atoms with Gasteiger partial charge in [0.2, 0.25) is 6.41 Å². The molecule has 0 atom stereocenters. The first-order valence-corrected chi connectivity index (χ1v) is 14.4. The molecule has 2 aromatic carbocycles. The van der Waals surface area contributed by atoms with Crippen molar-refractivity contribution < 1.29 is 14.0 Å². The van der Waals surface area contributed by atoms with Crippen molar-refractivity contribution in [1.82, 2.24) is 9.88 Å². The summed E-state index contributed by atoms with van der Waals surface area (Å²) in [4.78, 5) is 34.3. The zero-order valence-corrected chi connectivity index (χ0v) is 23.5. The normalized spacial score (nSPS) is 15.9. The average Bonchev–Trinajstić information content (AvgIpc) is 3.72. The van der Waals surface area contributed by atoms with Crippen molar-refractivity contribution in [1.29, 1.82) is 5.26 Å². The van der Waals surface area contributed by atoms with Crippen molar-refractivity contribution in [2.75, 3.05) is 29.9 Å². The molecule has 40 heavy (non-hydrogen) atoms. The maximum atomic E-state index is 13.5. The van der Waals surface area contributed by atoms with E-state index in [1.54, 1.807) is 17.0 Å².